The number of carbonyl (C=O) groups is 1. The Labute approximate surface area is 165 Å². The number of rotatable bonds is 9. The first-order valence-electron chi connectivity index (χ1n) is 8.80. The summed E-state index contributed by atoms with van der Waals surface area (Å²) >= 11 is 0. The number of hydrazine groups is 1. The molecule has 2 aromatic carbocycles. The van der Waals surface area contributed by atoms with E-state index in [2.05, 4.69) is 0 Å². The molecule has 0 spiro atoms. The SMILES string of the molecule is CN(/C=C\N(C=O)Cc1ccccc1)C/C(=C(/N)c1ccc(O)cc1)N(C)N. The van der Waals surface area contributed by atoms with Crippen molar-refractivity contribution in [1.29, 1.82) is 0 Å². The molecule has 0 radical (unpaired) electrons. The Balaban J connectivity index is 2.09. The molecule has 0 heterocycles. The second kappa shape index (κ2) is 10.0. The summed E-state index contributed by atoms with van der Waals surface area (Å²) in [6, 6.07) is 16.4. The van der Waals surface area contributed by atoms with E-state index in [1.165, 1.54) is 5.01 Å². The fraction of sp³-hybridized carbons (Fsp3) is 0.190. The number of phenols is 1. The van der Waals surface area contributed by atoms with Crippen molar-refractivity contribution in [1.82, 2.24) is 14.8 Å². The first-order valence-corrected chi connectivity index (χ1v) is 8.80. The van der Waals surface area contributed by atoms with E-state index in [4.69, 9.17) is 11.6 Å². The number of benzene rings is 2. The van der Waals surface area contributed by atoms with Gasteiger partial charge in [0.15, 0.2) is 0 Å². The second-order valence-corrected chi connectivity index (χ2v) is 6.49. The van der Waals surface area contributed by atoms with Gasteiger partial charge in [-0.2, -0.15) is 0 Å². The highest BCUT2D eigenvalue weighted by Crippen LogP contribution is 2.18. The van der Waals surface area contributed by atoms with Crippen LogP contribution in [0.3, 0.4) is 0 Å². The standard InChI is InChI=1S/C21H27N5O2/c1-24(12-13-26(16-27)14-17-6-4-3-5-7-17)15-20(25(2)23)21(22)18-8-10-19(28)11-9-18/h3-13,16,28H,14-15,22-23H2,1-2H3/b13-12-,21-20-. The Kier molecular flexibility index (Phi) is 7.47. The van der Waals surface area contributed by atoms with Crippen LogP contribution in [0, 0.1) is 0 Å². The van der Waals surface area contributed by atoms with Crippen molar-refractivity contribution >= 4 is 12.1 Å². The third-order valence-corrected chi connectivity index (χ3v) is 4.17. The van der Waals surface area contributed by atoms with Gasteiger partial charge in [0.1, 0.15) is 5.75 Å². The number of nitrogens with two attached hydrogens (primary N) is 2. The van der Waals surface area contributed by atoms with Crippen LogP contribution in [-0.2, 0) is 11.3 Å². The maximum Gasteiger partial charge on any atom is 0.214 e. The van der Waals surface area contributed by atoms with Crippen molar-refractivity contribution in [2.24, 2.45) is 11.6 Å². The molecule has 7 heteroatoms. The zero-order valence-electron chi connectivity index (χ0n) is 16.2. The molecule has 0 atom stereocenters. The van der Waals surface area contributed by atoms with Crippen LogP contribution in [0.25, 0.3) is 5.70 Å². The first-order chi connectivity index (χ1) is 13.4. The van der Waals surface area contributed by atoms with Gasteiger partial charge in [0.25, 0.3) is 0 Å². The van der Waals surface area contributed by atoms with E-state index in [0.29, 0.717) is 24.5 Å². The minimum atomic E-state index is 0.173. The molecule has 1 amide bonds. The monoisotopic (exact) mass is 381 g/mol. The Hall–Kier alpha value is -3.45. The van der Waals surface area contributed by atoms with Crippen molar-refractivity contribution in [3.63, 3.8) is 0 Å². The number of carbonyl (C=O) groups excluding carboxylic acids is 1. The molecule has 0 saturated heterocycles. The van der Waals surface area contributed by atoms with Crippen LogP contribution in [0.5, 0.6) is 5.75 Å². The fourth-order valence-electron chi connectivity index (χ4n) is 2.60. The summed E-state index contributed by atoms with van der Waals surface area (Å²) in [5.41, 5.74) is 9.31. The van der Waals surface area contributed by atoms with Crippen LogP contribution in [-0.4, -0.2) is 47.0 Å². The van der Waals surface area contributed by atoms with Crippen LogP contribution >= 0.6 is 0 Å². The van der Waals surface area contributed by atoms with E-state index in [0.717, 1.165) is 17.5 Å². The largest absolute Gasteiger partial charge is 0.508 e. The summed E-state index contributed by atoms with van der Waals surface area (Å²) in [6.45, 7) is 0.929. The minimum absolute atomic E-state index is 0.173. The maximum atomic E-state index is 11.4. The molecule has 5 N–H and O–H groups in total. The van der Waals surface area contributed by atoms with Crippen molar-refractivity contribution < 1.29 is 9.90 Å². The highest BCUT2D eigenvalue weighted by Gasteiger charge is 2.11. The average molecular weight is 381 g/mol. The molecule has 2 aromatic rings. The maximum absolute atomic E-state index is 11.4. The lowest BCUT2D eigenvalue weighted by Gasteiger charge is -2.25. The molecule has 0 aliphatic carbocycles. The normalized spacial score (nSPS) is 11.8. The van der Waals surface area contributed by atoms with E-state index < -0.39 is 0 Å². The Morgan fingerprint density at radius 1 is 1.04 bits per heavy atom. The number of hydrogen-bond acceptors (Lipinski definition) is 6. The van der Waals surface area contributed by atoms with Gasteiger partial charge in [-0.1, -0.05) is 30.3 Å². The lowest BCUT2D eigenvalue weighted by Crippen LogP contribution is -2.33. The van der Waals surface area contributed by atoms with Gasteiger partial charge in [-0.15, -0.1) is 0 Å². The lowest BCUT2D eigenvalue weighted by molar-refractivity contribution is -0.116. The molecular formula is C21H27N5O2. The number of aromatic hydroxyl groups is 1. The van der Waals surface area contributed by atoms with Crippen molar-refractivity contribution in [3.05, 3.63) is 83.8 Å². The third-order valence-electron chi connectivity index (χ3n) is 4.17. The molecule has 0 aliphatic rings. The summed E-state index contributed by atoms with van der Waals surface area (Å²) in [6.07, 6.45) is 4.30. The summed E-state index contributed by atoms with van der Waals surface area (Å²) in [5, 5.41) is 10.9. The van der Waals surface area contributed by atoms with Gasteiger partial charge in [0.05, 0.1) is 24.5 Å². The van der Waals surface area contributed by atoms with Crippen LogP contribution < -0.4 is 11.6 Å². The van der Waals surface area contributed by atoms with Gasteiger partial charge in [-0.3, -0.25) is 4.79 Å². The summed E-state index contributed by atoms with van der Waals surface area (Å²) in [4.78, 5) is 14.8. The van der Waals surface area contributed by atoms with E-state index in [9.17, 15) is 9.90 Å². The van der Waals surface area contributed by atoms with Crippen molar-refractivity contribution in [3.8, 4) is 5.75 Å². The van der Waals surface area contributed by atoms with E-state index in [1.54, 1.807) is 48.6 Å². The Bertz CT molecular complexity index is 816. The van der Waals surface area contributed by atoms with Gasteiger partial charge in [0, 0.05) is 26.5 Å². The predicted molar refractivity (Wildman–Crippen MR) is 111 cm³/mol. The van der Waals surface area contributed by atoms with Gasteiger partial charge >= 0.3 is 0 Å². The molecule has 7 nitrogen and oxygen atoms in total. The molecule has 0 saturated carbocycles. The number of amides is 1. The molecule has 148 valence electrons. The average Bonchev–Trinajstić information content (AvgIpc) is 2.70. The van der Waals surface area contributed by atoms with Gasteiger partial charge in [0.2, 0.25) is 6.41 Å². The van der Waals surface area contributed by atoms with Gasteiger partial charge in [-0.05, 0) is 35.4 Å². The summed E-state index contributed by atoms with van der Waals surface area (Å²) in [7, 11) is 3.59. The van der Waals surface area contributed by atoms with Crippen molar-refractivity contribution in [2.75, 3.05) is 20.6 Å². The van der Waals surface area contributed by atoms with Gasteiger partial charge in [-0.25, -0.2) is 5.84 Å². The van der Waals surface area contributed by atoms with E-state index >= 15 is 0 Å². The van der Waals surface area contributed by atoms with E-state index in [-0.39, 0.29) is 5.75 Å². The zero-order valence-corrected chi connectivity index (χ0v) is 16.2. The van der Waals surface area contributed by atoms with Crippen LogP contribution in [0.2, 0.25) is 0 Å². The third kappa shape index (κ3) is 6.07. The number of phenolic OH excluding ortho intramolecular Hbond substituents is 1. The summed E-state index contributed by atoms with van der Waals surface area (Å²) in [5.74, 6) is 6.14. The van der Waals surface area contributed by atoms with E-state index in [1.807, 2.05) is 42.3 Å². The Morgan fingerprint density at radius 2 is 1.68 bits per heavy atom. The highest BCUT2D eigenvalue weighted by molar-refractivity contribution is 5.66. The topological polar surface area (TPSA) is 99.1 Å². The molecule has 0 bridgehead atoms. The first kappa shape index (κ1) is 20.9. The fourth-order valence-corrected chi connectivity index (χ4v) is 2.60. The predicted octanol–water partition coefficient (Wildman–Crippen LogP) is 1.89. The van der Waals surface area contributed by atoms with Crippen LogP contribution in [0.1, 0.15) is 11.1 Å². The molecule has 0 aromatic heterocycles. The summed E-state index contributed by atoms with van der Waals surface area (Å²) < 4.78 is 0. The second-order valence-electron chi connectivity index (χ2n) is 6.49. The molecule has 0 fully saturated rings. The highest BCUT2D eigenvalue weighted by atomic mass is 16.3. The quantitative estimate of drug-likeness (QED) is 0.348. The molecule has 0 unspecified atom stereocenters. The van der Waals surface area contributed by atoms with Crippen LogP contribution in [0.4, 0.5) is 0 Å². The zero-order chi connectivity index (χ0) is 20.5. The number of nitrogens with zero attached hydrogens (tertiary/aromatic N) is 3. The Morgan fingerprint density at radius 3 is 2.25 bits per heavy atom. The molecule has 0 aliphatic heterocycles. The number of likely N-dealkylation sites (N-methyl/N-ethyl adjacent to an activating group) is 2. The molecule has 28 heavy (non-hydrogen) atoms. The smallest absolute Gasteiger partial charge is 0.214 e. The van der Waals surface area contributed by atoms with Crippen molar-refractivity contribution in [2.45, 2.75) is 6.54 Å². The van der Waals surface area contributed by atoms with Gasteiger partial charge < -0.3 is 25.6 Å². The lowest BCUT2D eigenvalue weighted by atomic mass is 10.1. The minimum Gasteiger partial charge on any atom is -0.508 e. The van der Waals surface area contributed by atoms with Crippen LogP contribution in [0.15, 0.2) is 72.7 Å². The molecular weight excluding hydrogens is 354 g/mol. The molecule has 2 rings (SSSR count). The number of hydrogen-bond donors (Lipinski definition) is 3.